The van der Waals surface area contributed by atoms with Crippen molar-refractivity contribution in [2.45, 2.75) is 6.04 Å². The molecule has 7 heteroatoms. The Morgan fingerprint density at radius 2 is 1.72 bits per heavy atom. The van der Waals surface area contributed by atoms with Crippen LogP contribution in [0.25, 0.3) is 0 Å². The summed E-state index contributed by atoms with van der Waals surface area (Å²) in [5.74, 6) is 1.53. The molecule has 3 rings (SSSR count). The van der Waals surface area contributed by atoms with Gasteiger partial charge in [-0.3, -0.25) is 9.78 Å². The van der Waals surface area contributed by atoms with Crippen molar-refractivity contribution in [3.63, 3.8) is 0 Å². The van der Waals surface area contributed by atoms with Gasteiger partial charge in [-0.15, -0.1) is 0 Å². The van der Waals surface area contributed by atoms with Gasteiger partial charge in [-0.2, -0.15) is 0 Å². The van der Waals surface area contributed by atoms with Crippen LogP contribution in [0.5, 0.6) is 17.2 Å². The van der Waals surface area contributed by atoms with E-state index in [1.54, 1.807) is 36.7 Å². The summed E-state index contributed by atoms with van der Waals surface area (Å²) in [5.41, 5.74) is 1.21. The van der Waals surface area contributed by atoms with Gasteiger partial charge in [-0.25, -0.2) is 4.99 Å². The zero-order valence-electron chi connectivity index (χ0n) is 14.2. The van der Waals surface area contributed by atoms with Crippen LogP contribution in [0.1, 0.15) is 15.9 Å². The van der Waals surface area contributed by atoms with Crippen molar-refractivity contribution in [3.05, 3.63) is 47.8 Å². The number of ether oxygens (including phenoxy) is 4. The molecule has 0 N–H and O–H groups in total. The number of carbonyl (C=O) groups is 1. The molecule has 2 aromatic rings. The van der Waals surface area contributed by atoms with Crippen molar-refractivity contribution < 1.29 is 23.7 Å². The largest absolute Gasteiger partial charge is 0.493 e. The van der Waals surface area contributed by atoms with E-state index in [1.807, 2.05) is 0 Å². The zero-order chi connectivity index (χ0) is 17.8. The van der Waals surface area contributed by atoms with Crippen molar-refractivity contribution >= 4 is 11.7 Å². The molecule has 130 valence electrons. The number of aromatic nitrogens is 1. The van der Waals surface area contributed by atoms with Crippen LogP contribution in [0, 0.1) is 0 Å². The SMILES string of the molecule is COc1cc(C(=O)C2COC(c3ccncc3)=N2)cc(OC)c1OC. The second kappa shape index (κ2) is 7.21. The molecule has 1 aromatic heterocycles. The molecular weight excluding hydrogens is 324 g/mol. The fraction of sp³-hybridized carbons (Fsp3) is 0.278. The average molecular weight is 342 g/mol. The normalized spacial score (nSPS) is 16.0. The molecular formula is C18H18N2O5. The van der Waals surface area contributed by atoms with Gasteiger partial charge in [0.1, 0.15) is 6.61 Å². The van der Waals surface area contributed by atoms with E-state index >= 15 is 0 Å². The van der Waals surface area contributed by atoms with Gasteiger partial charge in [0.2, 0.25) is 11.6 Å². The predicted molar refractivity (Wildman–Crippen MR) is 90.9 cm³/mol. The molecule has 2 heterocycles. The Hall–Kier alpha value is -3.09. The number of Topliss-reactive ketones (excluding diaryl/α,β-unsaturated/α-hetero) is 1. The fourth-order valence-electron chi connectivity index (χ4n) is 2.58. The number of hydrogen-bond acceptors (Lipinski definition) is 7. The van der Waals surface area contributed by atoms with E-state index in [-0.39, 0.29) is 12.4 Å². The number of carbonyl (C=O) groups excluding carboxylic acids is 1. The maximum Gasteiger partial charge on any atom is 0.217 e. The monoisotopic (exact) mass is 342 g/mol. The summed E-state index contributed by atoms with van der Waals surface area (Å²) in [6, 6.07) is 6.18. The summed E-state index contributed by atoms with van der Waals surface area (Å²) in [6.45, 7) is 0.188. The molecule has 1 aliphatic heterocycles. The maximum absolute atomic E-state index is 12.8. The predicted octanol–water partition coefficient (Wildman–Crippen LogP) is 2.14. The van der Waals surface area contributed by atoms with Gasteiger partial charge in [0.15, 0.2) is 23.3 Å². The van der Waals surface area contributed by atoms with E-state index in [1.165, 1.54) is 21.3 Å². The number of pyridine rings is 1. The van der Waals surface area contributed by atoms with Crippen LogP contribution >= 0.6 is 0 Å². The van der Waals surface area contributed by atoms with E-state index in [0.717, 1.165) is 5.56 Å². The minimum absolute atomic E-state index is 0.177. The third-order valence-electron chi connectivity index (χ3n) is 3.83. The summed E-state index contributed by atoms with van der Waals surface area (Å²) in [5, 5.41) is 0. The molecule has 1 aliphatic rings. The first kappa shape index (κ1) is 16.8. The lowest BCUT2D eigenvalue weighted by Gasteiger charge is -2.14. The number of rotatable bonds is 6. The summed E-state index contributed by atoms with van der Waals surface area (Å²) in [7, 11) is 4.52. The molecule has 0 spiro atoms. The van der Waals surface area contributed by atoms with E-state index < -0.39 is 6.04 Å². The molecule has 0 aliphatic carbocycles. The molecule has 0 saturated carbocycles. The van der Waals surface area contributed by atoms with E-state index in [4.69, 9.17) is 18.9 Å². The molecule has 1 aromatic carbocycles. The number of aliphatic imine (C=N–C) groups is 1. The summed E-state index contributed by atoms with van der Waals surface area (Å²) in [6.07, 6.45) is 3.30. The van der Waals surface area contributed by atoms with Crippen molar-refractivity contribution in [3.8, 4) is 17.2 Å². The number of methoxy groups -OCH3 is 3. The Morgan fingerprint density at radius 1 is 1.08 bits per heavy atom. The first-order valence-corrected chi connectivity index (χ1v) is 7.63. The molecule has 7 nitrogen and oxygen atoms in total. The highest BCUT2D eigenvalue weighted by Crippen LogP contribution is 2.38. The molecule has 1 atom stereocenters. The Balaban J connectivity index is 1.90. The van der Waals surface area contributed by atoms with Gasteiger partial charge in [0.25, 0.3) is 0 Å². The van der Waals surface area contributed by atoms with Gasteiger partial charge >= 0.3 is 0 Å². The van der Waals surface area contributed by atoms with Gasteiger partial charge in [0.05, 0.1) is 21.3 Å². The van der Waals surface area contributed by atoms with Gasteiger partial charge in [-0.05, 0) is 24.3 Å². The minimum atomic E-state index is -0.619. The Bertz CT molecular complexity index is 779. The summed E-state index contributed by atoms with van der Waals surface area (Å²) in [4.78, 5) is 21.2. The minimum Gasteiger partial charge on any atom is -0.493 e. The second-order valence-corrected chi connectivity index (χ2v) is 5.28. The average Bonchev–Trinajstić information content (AvgIpc) is 3.17. The highest BCUT2D eigenvalue weighted by atomic mass is 16.5. The fourth-order valence-corrected chi connectivity index (χ4v) is 2.58. The number of ketones is 1. The Morgan fingerprint density at radius 3 is 2.28 bits per heavy atom. The van der Waals surface area contributed by atoms with Crippen molar-refractivity contribution in [1.82, 2.24) is 4.98 Å². The topological polar surface area (TPSA) is 79.2 Å². The van der Waals surface area contributed by atoms with Crippen molar-refractivity contribution in [2.24, 2.45) is 4.99 Å². The first-order chi connectivity index (χ1) is 12.2. The third-order valence-corrected chi connectivity index (χ3v) is 3.83. The highest BCUT2D eigenvalue weighted by molar-refractivity contribution is 6.05. The third kappa shape index (κ3) is 3.26. The maximum atomic E-state index is 12.8. The van der Waals surface area contributed by atoms with Crippen LogP contribution in [-0.2, 0) is 4.74 Å². The van der Waals surface area contributed by atoms with Crippen LogP contribution in [0.3, 0.4) is 0 Å². The lowest BCUT2D eigenvalue weighted by atomic mass is 10.0. The lowest BCUT2D eigenvalue weighted by molar-refractivity contribution is 0.0947. The summed E-state index contributed by atoms with van der Waals surface area (Å²) < 4.78 is 21.4. The standard InChI is InChI=1S/C18H18N2O5/c1-22-14-8-12(9-15(23-2)17(14)24-3)16(21)13-10-25-18(20-13)11-4-6-19-7-5-11/h4-9,13H,10H2,1-3H3. The van der Waals surface area contributed by atoms with Gasteiger partial charge in [0, 0.05) is 23.5 Å². The van der Waals surface area contributed by atoms with Crippen LogP contribution in [0.15, 0.2) is 41.7 Å². The van der Waals surface area contributed by atoms with Gasteiger partial charge in [-0.1, -0.05) is 0 Å². The smallest absolute Gasteiger partial charge is 0.217 e. The molecule has 1 unspecified atom stereocenters. The Labute approximate surface area is 145 Å². The Kier molecular flexibility index (Phi) is 4.83. The van der Waals surface area contributed by atoms with Crippen molar-refractivity contribution in [2.75, 3.05) is 27.9 Å². The van der Waals surface area contributed by atoms with Crippen LogP contribution in [-0.4, -0.2) is 50.6 Å². The second-order valence-electron chi connectivity index (χ2n) is 5.28. The molecule has 0 bridgehead atoms. The number of hydrogen-bond donors (Lipinski definition) is 0. The van der Waals surface area contributed by atoms with Crippen molar-refractivity contribution in [1.29, 1.82) is 0 Å². The molecule has 0 saturated heterocycles. The molecule has 0 amide bonds. The zero-order valence-corrected chi connectivity index (χ0v) is 14.2. The molecule has 25 heavy (non-hydrogen) atoms. The van der Waals surface area contributed by atoms with Crippen LogP contribution < -0.4 is 14.2 Å². The summed E-state index contributed by atoms with van der Waals surface area (Å²) >= 11 is 0. The quantitative estimate of drug-likeness (QED) is 0.748. The highest BCUT2D eigenvalue weighted by Gasteiger charge is 2.29. The molecule has 0 radical (unpaired) electrons. The van der Waals surface area contributed by atoms with E-state index in [9.17, 15) is 4.79 Å². The van der Waals surface area contributed by atoms with Crippen LogP contribution in [0.4, 0.5) is 0 Å². The molecule has 0 fully saturated rings. The van der Waals surface area contributed by atoms with Crippen LogP contribution in [0.2, 0.25) is 0 Å². The first-order valence-electron chi connectivity index (χ1n) is 7.63. The number of benzene rings is 1. The van der Waals surface area contributed by atoms with E-state index in [0.29, 0.717) is 28.7 Å². The van der Waals surface area contributed by atoms with Gasteiger partial charge < -0.3 is 18.9 Å². The van der Waals surface area contributed by atoms with E-state index in [2.05, 4.69) is 9.98 Å². The lowest BCUT2D eigenvalue weighted by Crippen LogP contribution is -2.20. The number of nitrogens with zero attached hydrogens (tertiary/aromatic N) is 2.